The summed E-state index contributed by atoms with van der Waals surface area (Å²) in [6, 6.07) is -1.67. The fraction of sp³-hybridized carbons (Fsp3) is 0.688. The molecule has 0 bridgehead atoms. The largest absolute Gasteiger partial charge is 0.477 e. The summed E-state index contributed by atoms with van der Waals surface area (Å²) < 4.78 is 4.97. The van der Waals surface area contributed by atoms with Crippen molar-refractivity contribution in [2.75, 3.05) is 6.61 Å². The fourth-order valence-corrected chi connectivity index (χ4v) is 2.73. The van der Waals surface area contributed by atoms with E-state index in [0.717, 1.165) is 6.92 Å². The maximum absolute atomic E-state index is 12.3. The number of aliphatic hydroxyl groups excluding tert-OH is 4. The van der Waals surface area contributed by atoms with Crippen LogP contribution in [0.3, 0.4) is 0 Å². The number of nitrogens with zero attached hydrogens (tertiary/aromatic N) is 1. The Morgan fingerprint density at radius 3 is 2.37 bits per heavy atom. The summed E-state index contributed by atoms with van der Waals surface area (Å²) in [7, 11) is 0. The first-order valence-corrected chi connectivity index (χ1v) is 8.11. The lowest BCUT2D eigenvalue weighted by atomic mass is 9.87. The molecule has 0 aromatic rings. The fourth-order valence-electron chi connectivity index (χ4n) is 2.73. The monoisotopic (exact) mass is 389 g/mol. The predicted octanol–water partition coefficient (Wildman–Crippen LogP) is -3.22. The van der Waals surface area contributed by atoms with Gasteiger partial charge in [-0.15, -0.1) is 0 Å². The van der Waals surface area contributed by atoms with E-state index in [1.54, 1.807) is 6.92 Å². The van der Waals surface area contributed by atoms with Gasteiger partial charge in [0.15, 0.2) is 0 Å². The molecule has 27 heavy (non-hydrogen) atoms. The average molecular weight is 389 g/mol. The molecule has 11 heteroatoms. The lowest BCUT2D eigenvalue weighted by Gasteiger charge is -2.47. The van der Waals surface area contributed by atoms with Crippen molar-refractivity contribution < 1.29 is 49.8 Å². The van der Waals surface area contributed by atoms with Gasteiger partial charge in [-0.3, -0.25) is 14.5 Å². The number of carbonyl (C=O) groups excluding carboxylic acids is 2. The second kappa shape index (κ2) is 9.23. The summed E-state index contributed by atoms with van der Waals surface area (Å²) in [5.74, 6) is -2.18. The quantitative estimate of drug-likeness (QED) is 0.261. The first-order valence-electron chi connectivity index (χ1n) is 8.11. The summed E-state index contributed by atoms with van der Waals surface area (Å²) >= 11 is 0. The van der Waals surface area contributed by atoms with Gasteiger partial charge in [0, 0.05) is 19.8 Å². The van der Waals surface area contributed by atoms with Crippen molar-refractivity contribution in [2.45, 2.75) is 62.9 Å². The summed E-state index contributed by atoms with van der Waals surface area (Å²) in [5, 5.41) is 58.5. The van der Waals surface area contributed by atoms with Crippen LogP contribution in [0.2, 0.25) is 0 Å². The minimum absolute atomic E-state index is 0.287. The number of aliphatic hydroxyl groups is 5. The lowest BCUT2D eigenvalue weighted by molar-refractivity contribution is -0.301. The summed E-state index contributed by atoms with van der Waals surface area (Å²) in [6.07, 6.45) is -8.31. The Morgan fingerprint density at radius 2 is 1.93 bits per heavy atom. The van der Waals surface area contributed by atoms with E-state index in [9.17, 15) is 34.8 Å². The highest BCUT2D eigenvalue weighted by Gasteiger charge is 2.56. The van der Waals surface area contributed by atoms with Gasteiger partial charge in [-0.1, -0.05) is 12.8 Å². The molecule has 0 spiro atoms. The van der Waals surface area contributed by atoms with Gasteiger partial charge in [-0.25, -0.2) is 4.79 Å². The Kier molecular flexibility index (Phi) is 7.85. The number of ether oxygens (including phenoxy) is 1. The highest BCUT2D eigenvalue weighted by atomic mass is 16.7. The van der Waals surface area contributed by atoms with Gasteiger partial charge in [0.1, 0.15) is 18.3 Å². The summed E-state index contributed by atoms with van der Waals surface area (Å²) in [4.78, 5) is 36.0. The van der Waals surface area contributed by atoms with Crippen LogP contribution in [-0.4, -0.2) is 96.2 Å². The molecule has 0 aromatic carbocycles. The van der Waals surface area contributed by atoms with Gasteiger partial charge >= 0.3 is 11.9 Å². The molecule has 152 valence electrons. The normalized spacial score (nSPS) is 29.8. The van der Waals surface area contributed by atoms with Crippen LogP contribution in [0, 0.1) is 11.8 Å². The highest BCUT2D eigenvalue weighted by molar-refractivity contribution is 6.04. The van der Waals surface area contributed by atoms with Crippen LogP contribution < -0.4 is 0 Å². The zero-order valence-corrected chi connectivity index (χ0v) is 14.8. The molecule has 1 fully saturated rings. The topological polar surface area (TPSA) is 185 Å². The molecule has 1 aliphatic heterocycles. The molecule has 1 unspecified atom stereocenters. The smallest absolute Gasteiger partial charge is 0.364 e. The molecule has 6 atom stereocenters. The first kappa shape index (κ1) is 23.0. The molecule has 11 nitrogen and oxygen atoms in total. The van der Waals surface area contributed by atoms with E-state index in [-0.39, 0.29) is 6.42 Å². The zero-order chi connectivity index (χ0) is 20.9. The third kappa shape index (κ3) is 5.01. The zero-order valence-electron chi connectivity index (χ0n) is 14.8. The van der Waals surface area contributed by atoms with Crippen molar-refractivity contribution in [2.24, 2.45) is 0 Å². The van der Waals surface area contributed by atoms with E-state index in [2.05, 4.69) is 11.8 Å². The van der Waals surface area contributed by atoms with E-state index in [1.807, 2.05) is 0 Å². The van der Waals surface area contributed by atoms with Crippen LogP contribution in [0.15, 0.2) is 0 Å². The Bertz CT molecular complexity index is 641. The molecule has 1 rings (SSSR count). The molecular formula is C16H23NO10. The second-order valence-corrected chi connectivity index (χ2v) is 6.02. The number of amides is 2. The number of hydrogen-bond acceptors (Lipinski definition) is 9. The van der Waals surface area contributed by atoms with Gasteiger partial charge in [0.2, 0.25) is 5.91 Å². The molecule has 0 aliphatic carbocycles. The van der Waals surface area contributed by atoms with Crippen LogP contribution in [-0.2, 0) is 19.1 Å². The van der Waals surface area contributed by atoms with E-state index in [1.165, 1.54) is 0 Å². The van der Waals surface area contributed by atoms with Crippen LogP contribution >= 0.6 is 0 Å². The third-order valence-corrected chi connectivity index (χ3v) is 4.03. The molecule has 6 N–H and O–H groups in total. The van der Waals surface area contributed by atoms with Gasteiger partial charge in [-0.2, -0.15) is 0 Å². The predicted molar refractivity (Wildman–Crippen MR) is 86.6 cm³/mol. The molecule has 0 aromatic heterocycles. The SMILES string of the molecule is CCC#CC(=O)N(C(C)=O)[C@@H]1[C@@H](O)C[C@](O)(C(=O)O)O[C@H]1C(O)[C@H](O)CO. The third-order valence-electron chi connectivity index (χ3n) is 4.03. The van der Waals surface area contributed by atoms with Gasteiger partial charge < -0.3 is 35.4 Å². The number of rotatable bonds is 5. The number of imide groups is 1. The lowest BCUT2D eigenvalue weighted by Crippen LogP contribution is -2.68. The molecule has 2 amide bonds. The van der Waals surface area contributed by atoms with Crippen molar-refractivity contribution in [3.05, 3.63) is 0 Å². The van der Waals surface area contributed by atoms with Crippen LogP contribution in [0.1, 0.15) is 26.7 Å². The number of aliphatic carboxylic acids is 1. The maximum Gasteiger partial charge on any atom is 0.364 e. The van der Waals surface area contributed by atoms with E-state index in [4.69, 9.17) is 14.9 Å². The Balaban J connectivity index is 3.42. The van der Waals surface area contributed by atoms with Crippen LogP contribution in [0.25, 0.3) is 0 Å². The Morgan fingerprint density at radius 1 is 1.33 bits per heavy atom. The summed E-state index contributed by atoms with van der Waals surface area (Å²) in [5.41, 5.74) is 0. The highest BCUT2D eigenvalue weighted by Crippen LogP contribution is 2.33. The number of hydrogen-bond donors (Lipinski definition) is 6. The van der Waals surface area contributed by atoms with E-state index in [0.29, 0.717) is 4.90 Å². The van der Waals surface area contributed by atoms with Gasteiger partial charge in [0.25, 0.3) is 5.79 Å². The molecule has 1 heterocycles. The number of carboxylic acid groups (broad SMARTS) is 1. The average Bonchev–Trinajstić information content (AvgIpc) is 2.59. The van der Waals surface area contributed by atoms with Crippen molar-refractivity contribution in [1.29, 1.82) is 0 Å². The Hall–Kier alpha value is -2.07. The molecule has 0 radical (unpaired) electrons. The maximum atomic E-state index is 12.3. The molecule has 0 saturated carbocycles. The number of carboxylic acids is 1. The van der Waals surface area contributed by atoms with Crippen molar-refractivity contribution in [3.8, 4) is 11.8 Å². The van der Waals surface area contributed by atoms with Crippen LogP contribution in [0.5, 0.6) is 0 Å². The second-order valence-electron chi connectivity index (χ2n) is 6.02. The van der Waals surface area contributed by atoms with Crippen LogP contribution in [0.4, 0.5) is 0 Å². The van der Waals surface area contributed by atoms with Crippen molar-refractivity contribution in [3.63, 3.8) is 0 Å². The summed E-state index contributed by atoms with van der Waals surface area (Å²) in [6.45, 7) is 1.65. The Labute approximate surface area is 154 Å². The van der Waals surface area contributed by atoms with E-state index < -0.39 is 67.1 Å². The molecule has 1 saturated heterocycles. The molecule has 1 aliphatic rings. The first-order chi connectivity index (χ1) is 12.5. The minimum atomic E-state index is -2.95. The van der Waals surface area contributed by atoms with Crippen molar-refractivity contribution in [1.82, 2.24) is 4.90 Å². The minimum Gasteiger partial charge on any atom is -0.477 e. The van der Waals surface area contributed by atoms with E-state index >= 15 is 0 Å². The van der Waals surface area contributed by atoms with Gasteiger partial charge in [0.05, 0.1) is 18.8 Å². The standard InChI is InChI=1S/C16H23NO10/c1-3-4-5-11(22)17(8(2)19)12-9(20)6-16(26,15(24)25)27-14(12)13(23)10(21)7-18/h9-10,12-14,18,20-21,23,26H,3,6-7H2,1-2H3,(H,24,25)/t9-,10+,12+,13?,14+,16+/m0/s1. The number of carbonyl (C=O) groups is 3. The van der Waals surface area contributed by atoms with Gasteiger partial charge in [-0.05, 0) is 5.92 Å². The van der Waals surface area contributed by atoms with Crippen molar-refractivity contribution >= 4 is 17.8 Å². The molecular weight excluding hydrogens is 366 g/mol.